The lowest BCUT2D eigenvalue weighted by molar-refractivity contribution is -0.309. The number of rotatable bonds is 5. The number of carbonyl (C=O) groups is 3. The van der Waals surface area contributed by atoms with E-state index in [4.69, 9.17) is 0 Å². The maximum atomic E-state index is 11.6. The summed E-state index contributed by atoms with van der Waals surface area (Å²) in [4.78, 5) is 33.1. The zero-order valence-corrected chi connectivity index (χ0v) is 11.0. The summed E-state index contributed by atoms with van der Waals surface area (Å²) in [6.45, 7) is 3.24. The molecule has 1 atom stereocenters. The second kappa shape index (κ2) is 6.55. The van der Waals surface area contributed by atoms with Gasteiger partial charge in [-0.15, -0.1) is 0 Å². The van der Waals surface area contributed by atoms with Crippen LogP contribution in [-0.4, -0.2) is 24.0 Å². The number of urea groups is 1. The molecule has 0 aliphatic heterocycles. The highest BCUT2D eigenvalue weighted by molar-refractivity contribution is 5.94. The third-order valence-electron chi connectivity index (χ3n) is 2.56. The maximum absolute atomic E-state index is 11.6. The van der Waals surface area contributed by atoms with E-state index in [2.05, 4.69) is 10.6 Å². The third kappa shape index (κ3) is 4.27. The number of benzene rings is 1. The van der Waals surface area contributed by atoms with Crippen molar-refractivity contribution in [2.45, 2.75) is 19.9 Å². The van der Waals surface area contributed by atoms with Crippen LogP contribution in [0.2, 0.25) is 0 Å². The minimum absolute atomic E-state index is 0.0943. The van der Waals surface area contributed by atoms with E-state index in [0.717, 1.165) is 0 Å². The van der Waals surface area contributed by atoms with Crippen molar-refractivity contribution >= 4 is 23.7 Å². The van der Waals surface area contributed by atoms with Crippen LogP contribution in [0.15, 0.2) is 24.3 Å². The summed E-state index contributed by atoms with van der Waals surface area (Å²) >= 11 is 0. The molecule has 20 heavy (non-hydrogen) atoms. The van der Waals surface area contributed by atoms with Crippen LogP contribution in [0, 0.1) is 5.92 Å². The predicted octanol–water partition coefficient (Wildman–Crippen LogP) is -1.05. The fourth-order valence-corrected chi connectivity index (χ4v) is 1.53. The normalized spacial score (nSPS) is 11.8. The lowest BCUT2D eigenvalue weighted by Gasteiger charge is -2.23. The SMILES string of the molecule is CC(C)[C@H](NC(=O)Nc1cccc(C(=O)[O-])c1)C(=O)[O-]. The van der Waals surface area contributed by atoms with Crippen molar-refractivity contribution < 1.29 is 24.6 Å². The van der Waals surface area contributed by atoms with E-state index in [1.54, 1.807) is 13.8 Å². The summed E-state index contributed by atoms with van der Waals surface area (Å²) in [6, 6.07) is 3.52. The molecule has 2 N–H and O–H groups in total. The van der Waals surface area contributed by atoms with Crippen LogP contribution in [0.4, 0.5) is 10.5 Å². The number of carboxylic acids is 2. The Morgan fingerprint density at radius 1 is 1.15 bits per heavy atom. The number of hydrogen-bond donors (Lipinski definition) is 2. The van der Waals surface area contributed by atoms with Gasteiger partial charge < -0.3 is 30.4 Å². The van der Waals surface area contributed by atoms with Crippen LogP contribution in [-0.2, 0) is 4.79 Å². The highest BCUT2D eigenvalue weighted by atomic mass is 16.4. The molecule has 0 fully saturated rings. The van der Waals surface area contributed by atoms with E-state index < -0.39 is 24.0 Å². The van der Waals surface area contributed by atoms with Crippen molar-refractivity contribution in [1.29, 1.82) is 0 Å². The largest absolute Gasteiger partial charge is 0.548 e. The number of nitrogens with one attached hydrogen (secondary N) is 2. The average Bonchev–Trinajstić information content (AvgIpc) is 2.35. The summed E-state index contributed by atoms with van der Waals surface area (Å²) in [7, 11) is 0. The first-order valence-electron chi connectivity index (χ1n) is 5.91. The van der Waals surface area contributed by atoms with Crippen LogP contribution in [0.5, 0.6) is 0 Å². The monoisotopic (exact) mass is 278 g/mol. The van der Waals surface area contributed by atoms with Crippen LogP contribution in [0.3, 0.4) is 0 Å². The molecule has 0 spiro atoms. The molecule has 0 bridgehead atoms. The van der Waals surface area contributed by atoms with Crippen LogP contribution >= 0.6 is 0 Å². The molecular weight excluding hydrogens is 264 g/mol. The Hall–Kier alpha value is -2.57. The van der Waals surface area contributed by atoms with E-state index in [1.165, 1.54) is 24.3 Å². The zero-order chi connectivity index (χ0) is 15.3. The molecule has 2 amide bonds. The molecule has 1 rings (SSSR count). The summed E-state index contributed by atoms with van der Waals surface area (Å²) in [6.07, 6.45) is 0. The van der Waals surface area contributed by atoms with Gasteiger partial charge in [-0.25, -0.2) is 4.79 Å². The molecule has 0 aromatic heterocycles. The van der Waals surface area contributed by atoms with Crippen LogP contribution < -0.4 is 20.8 Å². The van der Waals surface area contributed by atoms with Crippen LogP contribution in [0.1, 0.15) is 24.2 Å². The Bertz CT molecular complexity index is 527. The Kier molecular flexibility index (Phi) is 5.08. The lowest BCUT2D eigenvalue weighted by atomic mass is 10.1. The van der Waals surface area contributed by atoms with Crippen molar-refractivity contribution in [3.8, 4) is 0 Å². The van der Waals surface area contributed by atoms with Gasteiger partial charge in [0.2, 0.25) is 0 Å². The molecule has 0 aliphatic rings. The van der Waals surface area contributed by atoms with Gasteiger partial charge in [0.05, 0.1) is 18.0 Å². The van der Waals surface area contributed by atoms with Gasteiger partial charge in [0.25, 0.3) is 0 Å². The number of hydrogen-bond acceptors (Lipinski definition) is 5. The summed E-state index contributed by atoms with van der Waals surface area (Å²) in [5.41, 5.74) is 0.119. The number of aromatic carboxylic acids is 1. The number of carboxylic acid groups (broad SMARTS) is 2. The minimum Gasteiger partial charge on any atom is -0.548 e. The molecule has 108 valence electrons. The van der Waals surface area contributed by atoms with Gasteiger partial charge in [-0.2, -0.15) is 0 Å². The van der Waals surface area contributed by atoms with Crippen LogP contribution in [0.25, 0.3) is 0 Å². The fourth-order valence-electron chi connectivity index (χ4n) is 1.53. The number of aliphatic carboxylic acids is 1. The van der Waals surface area contributed by atoms with E-state index in [-0.39, 0.29) is 17.2 Å². The third-order valence-corrected chi connectivity index (χ3v) is 2.56. The average molecular weight is 278 g/mol. The molecule has 0 saturated heterocycles. The molecule has 7 heteroatoms. The van der Waals surface area contributed by atoms with Crippen molar-refractivity contribution in [3.63, 3.8) is 0 Å². The van der Waals surface area contributed by atoms with Gasteiger partial charge in [0.1, 0.15) is 0 Å². The molecule has 7 nitrogen and oxygen atoms in total. The van der Waals surface area contributed by atoms with Gasteiger partial charge in [-0.1, -0.05) is 26.0 Å². The summed E-state index contributed by atoms with van der Waals surface area (Å²) < 4.78 is 0. The Labute approximate surface area is 115 Å². The first-order chi connectivity index (χ1) is 9.31. The molecule has 0 unspecified atom stereocenters. The van der Waals surface area contributed by atoms with E-state index >= 15 is 0 Å². The maximum Gasteiger partial charge on any atom is 0.319 e. The van der Waals surface area contributed by atoms with E-state index in [0.29, 0.717) is 0 Å². The molecule has 1 aromatic carbocycles. The first-order valence-corrected chi connectivity index (χ1v) is 5.91. The second-order valence-electron chi connectivity index (χ2n) is 4.51. The van der Waals surface area contributed by atoms with E-state index in [9.17, 15) is 24.6 Å². The highest BCUT2D eigenvalue weighted by Crippen LogP contribution is 2.10. The van der Waals surface area contributed by atoms with Crippen molar-refractivity contribution in [2.24, 2.45) is 5.92 Å². The zero-order valence-electron chi connectivity index (χ0n) is 11.0. The van der Waals surface area contributed by atoms with Gasteiger partial charge in [0.15, 0.2) is 0 Å². The quantitative estimate of drug-likeness (QED) is 0.711. The van der Waals surface area contributed by atoms with E-state index in [1.807, 2.05) is 0 Å². The summed E-state index contributed by atoms with van der Waals surface area (Å²) in [5.74, 6) is -3.11. The lowest BCUT2D eigenvalue weighted by Crippen LogP contribution is -2.51. The first kappa shape index (κ1) is 15.5. The van der Waals surface area contributed by atoms with Gasteiger partial charge in [-0.3, -0.25) is 0 Å². The summed E-state index contributed by atoms with van der Waals surface area (Å²) in [5, 5.41) is 26.1. The van der Waals surface area contributed by atoms with Gasteiger partial charge in [0, 0.05) is 5.69 Å². The topological polar surface area (TPSA) is 121 Å². The smallest absolute Gasteiger partial charge is 0.319 e. The standard InChI is InChI=1S/C13H16N2O5/c1-7(2)10(12(18)19)15-13(20)14-9-5-3-4-8(6-9)11(16)17/h3-7,10H,1-2H3,(H,16,17)(H,18,19)(H2,14,15,20)/p-2/t10-/m0/s1. The molecule has 0 saturated carbocycles. The van der Waals surface area contributed by atoms with Crippen molar-refractivity contribution in [2.75, 3.05) is 5.32 Å². The Morgan fingerprint density at radius 3 is 2.30 bits per heavy atom. The predicted molar refractivity (Wildman–Crippen MR) is 66.6 cm³/mol. The number of amides is 2. The van der Waals surface area contributed by atoms with Gasteiger partial charge in [-0.05, 0) is 23.6 Å². The fraction of sp³-hybridized carbons (Fsp3) is 0.308. The Morgan fingerprint density at radius 2 is 1.80 bits per heavy atom. The van der Waals surface area contributed by atoms with Crippen molar-refractivity contribution in [3.05, 3.63) is 29.8 Å². The van der Waals surface area contributed by atoms with Crippen molar-refractivity contribution in [1.82, 2.24) is 5.32 Å². The molecular formula is C13H14N2O5-2. The molecule has 0 radical (unpaired) electrons. The number of anilines is 1. The van der Waals surface area contributed by atoms with Gasteiger partial charge >= 0.3 is 6.03 Å². The number of carbonyl (C=O) groups excluding carboxylic acids is 3. The molecule has 0 heterocycles. The molecule has 0 aliphatic carbocycles. The Balaban J connectivity index is 2.73. The second-order valence-corrected chi connectivity index (χ2v) is 4.51. The molecule has 1 aromatic rings. The minimum atomic E-state index is -1.39. The highest BCUT2D eigenvalue weighted by Gasteiger charge is 2.17.